The molecular weight excluding hydrogens is 370 g/mol. The van der Waals surface area contributed by atoms with E-state index in [9.17, 15) is 14.7 Å². The molecule has 0 aromatic heterocycles. The first kappa shape index (κ1) is 20.9. The minimum Gasteiger partial charge on any atom is -0.459 e. The molecule has 1 saturated heterocycles. The number of hydrogen-bond acceptors (Lipinski definition) is 5. The number of aliphatic hydroxyl groups is 1. The van der Waals surface area contributed by atoms with Crippen molar-refractivity contribution in [3.63, 3.8) is 0 Å². The van der Waals surface area contributed by atoms with Gasteiger partial charge >= 0.3 is 12.1 Å². The van der Waals surface area contributed by atoms with Crippen LogP contribution in [0.15, 0.2) is 60.7 Å². The van der Waals surface area contributed by atoms with Crippen LogP contribution in [0.3, 0.4) is 0 Å². The lowest BCUT2D eigenvalue weighted by atomic mass is 9.89. The average molecular weight is 397 g/mol. The van der Waals surface area contributed by atoms with Gasteiger partial charge in [-0.1, -0.05) is 60.7 Å². The van der Waals surface area contributed by atoms with Gasteiger partial charge in [0.1, 0.15) is 19.3 Å². The summed E-state index contributed by atoms with van der Waals surface area (Å²) in [7, 11) is 0. The summed E-state index contributed by atoms with van der Waals surface area (Å²) >= 11 is 0. The molecule has 0 radical (unpaired) electrons. The highest BCUT2D eigenvalue weighted by atomic mass is 16.6. The molecule has 29 heavy (non-hydrogen) atoms. The molecule has 0 bridgehead atoms. The third-order valence-electron chi connectivity index (χ3n) is 5.18. The summed E-state index contributed by atoms with van der Waals surface area (Å²) in [4.78, 5) is 26.9. The molecule has 6 nitrogen and oxygen atoms in total. The largest absolute Gasteiger partial charge is 0.459 e. The SMILES string of the molecule is O=C(OCc1ccccc1)C1CC(CCO)CCN1C(=O)OCc1ccccc1. The van der Waals surface area contributed by atoms with Crippen molar-refractivity contribution < 1.29 is 24.2 Å². The molecule has 0 aliphatic carbocycles. The van der Waals surface area contributed by atoms with E-state index >= 15 is 0 Å². The topological polar surface area (TPSA) is 76.1 Å². The number of hydrogen-bond donors (Lipinski definition) is 1. The Labute approximate surface area is 171 Å². The van der Waals surface area contributed by atoms with Crippen molar-refractivity contribution in [2.24, 2.45) is 5.92 Å². The average Bonchev–Trinajstić information content (AvgIpc) is 2.77. The number of ether oxygens (including phenoxy) is 2. The molecule has 2 unspecified atom stereocenters. The Morgan fingerprint density at radius 3 is 2.10 bits per heavy atom. The van der Waals surface area contributed by atoms with Gasteiger partial charge in [0.2, 0.25) is 0 Å². The van der Waals surface area contributed by atoms with Crippen molar-refractivity contribution in [2.75, 3.05) is 13.2 Å². The van der Waals surface area contributed by atoms with Crippen molar-refractivity contribution in [3.8, 4) is 0 Å². The number of benzene rings is 2. The molecule has 2 aromatic carbocycles. The minimum absolute atomic E-state index is 0.0644. The van der Waals surface area contributed by atoms with E-state index in [-0.39, 0.29) is 25.7 Å². The van der Waals surface area contributed by atoms with E-state index < -0.39 is 18.1 Å². The molecule has 0 spiro atoms. The van der Waals surface area contributed by atoms with Crippen molar-refractivity contribution in [3.05, 3.63) is 71.8 Å². The summed E-state index contributed by atoms with van der Waals surface area (Å²) in [5.74, 6) is -0.263. The second-order valence-electron chi connectivity index (χ2n) is 7.25. The van der Waals surface area contributed by atoms with Crippen LogP contribution in [0.4, 0.5) is 4.79 Å². The van der Waals surface area contributed by atoms with Crippen LogP contribution in [0, 0.1) is 5.92 Å². The van der Waals surface area contributed by atoms with Crippen LogP contribution in [-0.4, -0.2) is 41.3 Å². The van der Waals surface area contributed by atoms with Crippen LogP contribution in [0.1, 0.15) is 30.4 Å². The Bertz CT molecular complexity index is 780. The highest BCUT2D eigenvalue weighted by Crippen LogP contribution is 2.27. The number of piperidine rings is 1. The van der Waals surface area contributed by atoms with Crippen LogP contribution in [0.2, 0.25) is 0 Å². The van der Waals surface area contributed by atoms with Gasteiger partial charge in [0.05, 0.1) is 0 Å². The van der Waals surface area contributed by atoms with E-state index in [1.54, 1.807) is 0 Å². The van der Waals surface area contributed by atoms with Gasteiger partial charge in [0.25, 0.3) is 0 Å². The molecule has 1 N–H and O–H groups in total. The van der Waals surface area contributed by atoms with Gasteiger partial charge in [-0.2, -0.15) is 0 Å². The summed E-state index contributed by atoms with van der Waals surface area (Å²) in [5.41, 5.74) is 1.78. The molecule has 6 heteroatoms. The van der Waals surface area contributed by atoms with Crippen molar-refractivity contribution in [1.29, 1.82) is 0 Å². The summed E-state index contributed by atoms with van der Waals surface area (Å²) < 4.78 is 10.9. The summed E-state index contributed by atoms with van der Waals surface area (Å²) in [6.07, 6.45) is 1.28. The fourth-order valence-electron chi connectivity index (χ4n) is 3.55. The number of amides is 1. The summed E-state index contributed by atoms with van der Waals surface area (Å²) in [5, 5.41) is 9.26. The Kier molecular flexibility index (Phi) is 7.64. The number of esters is 1. The van der Waals surface area contributed by atoms with Crippen LogP contribution < -0.4 is 0 Å². The predicted octanol–water partition coefficient (Wildman–Crippen LogP) is 3.53. The monoisotopic (exact) mass is 397 g/mol. The first-order chi connectivity index (χ1) is 14.2. The van der Waals surface area contributed by atoms with E-state index in [4.69, 9.17) is 9.47 Å². The van der Waals surface area contributed by atoms with Gasteiger partial charge < -0.3 is 14.6 Å². The molecule has 2 atom stereocenters. The van der Waals surface area contributed by atoms with Crippen molar-refractivity contribution >= 4 is 12.1 Å². The Balaban J connectivity index is 1.62. The van der Waals surface area contributed by atoms with Gasteiger partial charge in [0, 0.05) is 13.2 Å². The van der Waals surface area contributed by atoms with Crippen molar-refractivity contribution in [2.45, 2.75) is 38.5 Å². The number of nitrogens with zero attached hydrogens (tertiary/aromatic N) is 1. The number of carbonyl (C=O) groups excluding carboxylic acids is 2. The van der Waals surface area contributed by atoms with Gasteiger partial charge in [-0.3, -0.25) is 4.90 Å². The predicted molar refractivity (Wildman–Crippen MR) is 108 cm³/mol. The summed E-state index contributed by atoms with van der Waals surface area (Å²) in [6.45, 7) is 0.786. The lowest BCUT2D eigenvalue weighted by Gasteiger charge is -2.37. The Morgan fingerprint density at radius 1 is 0.931 bits per heavy atom. The van der Waals surface area contributed by atoms with Crippen LogP contribution >= 0.6 is 0 Å². The first-order valence-electron chi connectivity index (χ1n) is 9.96. The lowest BCUT2D eigenvalue weighted by molar-refractivity contribution is -0.153. The van der Waals surface area contributed by atoms with E-state index in [1.807, 2.05) is 60.7 Å². The van der Waals surface area contributed by atoms with Crippen LogP contribution in [0.25, 0.3) is 0 Å². The molecule has 1 fully saturated rings. The number of rotatable bonds is 7. The normalized spacial score (nSPS) is 18.9. The van der Waals surface area contributed by atoms with Crippen LogP contribution in [-0.2, 0) is 27.5 Å². The van der Waals surface area contributed by atoms with Gasteiger partial charge in [-0.05, 0) is 36.3 Å². The Hall–Kier alpha value is -2.86. The molecule has 1 heterocycles. The maximum Gasteiger partial charge on any atom is 0.410 e. The quantitative estimate of drug-likeness (QED) is 0.724. The van der Waals surface area contributed by atoms with E-state index in [1.165, 1.54) is 4.90 Å². The molecule has 1 aliphatic rings. The molecular formula is C23H27NO5. The van der Waals surface area contributed by atoms with E-state index in [0.29, 0.717) is 19.4 Å². The highest BCUT2D eigenvalue weighted by Gasteiger charge is 2.38. The van der Waals surface area contributed by atoms with Crippen molar-refractivity contribution in [1.82, 2.24) is 4.90 Å². The van der Waals surface area contributed by atoms with Crippen LogP contribution in [0.5, 0.6) is 0 Å². The number of likely N-dealkylation sites (tertiary alicyclic amines) is 1. The molecule has 154 valence electrons. The number of carbonyl (C=O) groups is 2. The zero-order valence-corrected chi connectivity index (χ0v) is 16.4. The summed E-state index contributed by atoms with van der Waals surface area (Å²) in [6, 6.07) is 18.2. The van der Waals surface area contributed by atoms with Gasteiger partial charge in [-0.15, -0.1) is 0 Å². The lowest BCUT2D eigenvalue weighted by Crippen LogP contribution is -2.51. The second-order valence-corrected chi connectivity index (χ2v) is 7.25. The Morgan fingerprint density at radius 2 is 1.52 bits per heavy atom. The smallest absolute Gasteiger partial charge is 0.410 e. The third-order valence-corrected chi connectivity index (χ3v) is 5.18. The van der Waals surface area contributed by atoms with Gasteiger partial charge in [-0.25, -0.2) is 9.59 Å². The van der Waals surface area contributed by atoms with E-state index in [2.05, 4.69) is 0 Å². The molecule has 0 saturated carbocycles. The molecule has 2 aromatic rings. The standard InChI is InChI=1S/C23H27NO5/c25-14-12-18-11-13-24(23(27)29-17-20-9-5-2-6-10-20)21(15-18)22(26)28-16-19-7-3-1-4-8-19/h1-10,18,21,25H,11-17H2. The third kappa shape index (κ3) is 6.06. The fourth-order valence-corrected chi connectivity index (χ4v) is 3.55. The zero-order valence-electron chi connectivity index (χ0n) is 16.4. The first-order valence-corrected chi connectivity index (χ1v) is 9.96. The zero-order chi connectivity index (χ0) is 20.5. The highest BCUT2D eigenvalue weighted by molar-refractivity contribution is 5.81. The maximum absolute atomic E-state index is 12.8. The molecule has 3 rings (SSSR count). The fraction of sp³-hybridized carbons (Fsp3) is 0.391. The number of aliphatic hydroxyl groups excluding tert-OH is 1. The molecule has 1 aliphatic heterocycles. The second kappa shape index (κ2) is 10.6. The van der Waals surface area contributed by atoms with E-state index in [0.717, 1.165) is 17.5 Å². The maximum atomic E-state index is 12.8. The minimum atomic E-state index is -0.702. The molecule has 1 amide bonds. The van der Waals surface area contributed by atoms with Gasteiger partial charge in [0.15, 0.2) is 0 Å².